The van der Waals surface area contributed by atoms with E-state index in [0.29, 0.717) is 6.04 Å². The van der Waals surface area contributed by atoms with Gasteiger partial charge in [0.05, 0.1) is 6.61 Å². The highest BCUT2D eigenvalue weighted by Crippen LogP contribution is 2.23. The third-order valence-electron chi connectivity index (χ3n) is 3.04. The highest BCUT2D eigenvalue weighted by molar-refractivity contribution is 5.29. The highest BCUT2D eigenvalue weighted by atomic mass is 16.3. The van der Waals surface area contributed by atoms with Gasteiger partial charge in [0.1, 0.15) is 0 Å². The van der Waals surface area contributed by atoms with E-state index in [1.807, 2.05) is 18.2 Å². The molecule has 0 bridgehead atoms. The summed E-state index contributed by atoms with van der Waals surface area (Å²) in [5.41, 5.74) is 2.28. The average molecular weight is 207 g/mol. The second kappa shape index (κ2) is 5.89. The Morgan fingerprint density at radius 2 is 1.80 bits per heavy atom. The summed E-state index contributed by atoms with van der Waals surface area (Å²) in [7, 11) is 0. The fourth-order valence-corrected chi connectivity index (χ4v) is 2.05. The molecule has 0 saturated carbocycles. The van der Waals surface area contributed by atoms with E-state index in [1.54, 1.807) is 0 Å². The average Bonchev–Trinajstić information content (AvgIpc) is 2.30. The Hall–Kier alpha value is -0.860. The molecule has 0 aliphatic heterocycles. The van der Waals surface area contributed by atoms with Crippen LogP contribution in [0.15, 0.2) is 24.3 Å². The van der Waals surface area contributed by atoms with Gasteiger partial charge < -0.3 is 5.11 Å². The van der Waals surface area contributed by atoms with Gasteiger partial charge in [0.25, 0.3) is 0 Å². The molecule has 1 rings (SSSR count). The highest BCUT2D eigenvalue weighted by Gasteiger charge is 2.14. The van der Waals surface area contributed by atoms with Crippen molar-refractivity contribution in [2.75, 3.05) is 13.1 Å². The standard InChI is InChI=1S/C13H21NO/c1-4-14(5-2)11(3)13-9-7-6-8-12(13)10-15/h6-9,11,15H,4-5,10H2,1-3H3. The molecule has 1 N–H and O–H groups in total. The van der Waals surface area contributed by atoms with Crippen LogP contribution in [0.5, 0.6) is 0 Å². The molecule has 2 heteroatoms. The molecule has 0 aromatic heterocycles. The van der Waals surface area contributed by atoms with Gasteiger partial charge in [0.15, 0.2) is 0 Å². The van der Waals surface area contributed by atoms with E-state index < -0.39 is 0 Å². The SMILES string of the molecule is CCN(CC)C(C)c1ccccc1CO. The maximum absolute atomic E-state index is 9.28. The number of rotatable bonds is 5. The van der Waals surface area contributed by atoms with Gasteiger partial charge in [-0.05, 0) is 31.1 Å². The molecular formula is C13H21NO. The van der Waals surface area contributed by atoms with Gasteiger partial charge >= 0.3 is 0 Å². The maximum Gasteiger partial charge on any atom is 0.0685 e. The van der Waals surface area contributed by atoms with Crippen molar-refractivity contribution in [2.24, 2.45) is 0 Å². The molecule has 0 aliphatic rings. The molecule has 0 amide bonds. The minimum absolute atomic E-state index is 0.127. The van der Waals surface area contributed by atoms with Gasteiger partial charge in [-0.3, -0.25) is 4.90 Å². The molecule has 0 aliphatic carbocycles. The zero-order chi connectivity index (χ0) is 11.3. The number of aliphatic hydroxyl groups excluding tert-OH is 1. The zero-order valence-electron chi connectivity index (χ0n) is 9.90. The van der Waals surface area contributed by atoms with Crippen molar-refractivity contribution in [1.82, 2.24) is 4.90 Å². The molecular weight excluding hydrogens is 186 g/mol. The predicted octanol–water partition coefficient (Wildman–Crippen LogP) is 2.58. The summed E-state index contributed by atoms with van der Waals surface area (Å²) >= 11 is 0. The van der Waals surface area contributed by atoms with Gasteiger partial charge in [0.2, 0.25) is 0 Å². The van der Waals surface area contributed by atoms with Gasteiger partial charge in [-0.25, -0.2) is 0 Å². The van der Waals surface area contributed by atoms with Crippen molar-refractivity contribution in [2.45, 2.75) is 33.4 Å². The third kappa shape index (κ3) is 2.80. The molecule has 1 aromatic rings. The first-order valence-corrected chi connectivity index (χ1v) is 5.67. The first-order valence-electron chi connectivity index (χ1n) is 5.67. The predicted molar refractivity (Wildman–Crippen MR) is 63.7 cm³/mol. The zero-order valence-corrected chi connectivity index (χ0v) is 9.90. The molecule has 15 heavy (non-hydrogen) atoms. The molecule has 1 unspecified atom stereocenters. The fraction of sp³-hybridized carbons (Fsp3) is 0.538. The smallest absolute Gasteiger partial charge is 0.0685 e. The Labute approximate surface area is 92.5 Å². The van der Waals surface area contributed by atoms with Crippen LogP contribution >= 0.6 is 0 Å². The van der Waals surface area contributed by atoms with E-state index in [9.17, 15) is 5.11 Å². The van der Waals surface area contributed by atoms with Gasteiger partial charge in [-0.2, -0.15) is 0 Å². The summed E-state index contributed by atoms with van der Waals surface area (Å²) in [6, 6.07) is 8.49. The first kappa shape index (κ1) is 12.2. The normalized spacial score (nSPS) is 13.1. The largest absolute Gasteiger partial charge is 0.392 e. The lowest BCUT2D eigenvalue weighted by Crippen LogP contribution is -2.27. The molecule has 0 heterocycles. The second-order valence-electron chi connectivity index (χ2n) is 3.75. The van der Waals surface area contributed by atoms with E-state index in [4.69, 9.17) is 0 Å². The number of hydrogen-bond acceptors (Lipinski definition) is 2. The molecule has 2 nitrogen and oxygen atoms in total. The minimum atomic E-state index is 0.127. The van der Waals surface area contributed by atoms with Crippen LogP contribution in [0.4, 0.5) is 0 Å². The van der Waals surface area contributed by atoms with Crippen LogP contribution in [0.3, 0.4) is 0 Å². The van der Waals surface area contributed by atoms with Crippen molar-refractivity contribution in [3.8, 4) is 0 Å². The van der Waals surface area contributed by atoms with Crippen molar-refractivity contribution in [3.63, 3.8) is 0 Å². The van der Waals surface area contributed by atoms with Crippen LogP contribution in [0, 0.1) is 0 Å². The van der Waals surface area contributed by atoms with Crippen LogP contribution in [0.25, 0.3) is 0 Å². The molecule has 0 fully saturated rings. The maximum atomic E-state index is 9.28. The summed E-state index contributed by atoms with van der Waals surface area (Å²) in [4.78, 5) is 2.38. The summed E-state index contributed by atoms with van der Waals surface area (Å²) in [5, 5.41) is 9.28. The lowest BCUT2D eigenvalue weighted by atomic mass is 10.0. The Morgan fingerprint density at radius 1 is 1.20 bits per heavy atom. The Bertz CT molecular complexity index is 294. The molecule has 1 atom stereocenters. The summed E-state index contributed by atoms with van der Waals surface area (Å²) < 4.78 is 0. The Kier molecular flexibility index (Phi) is 4.79. The van der Waals surface area contributed by atoms with E-state index in [2.05, 4.69) is 31.7 Å². The van der Waals surface area contributed by atoms with E-state index in [0.717, 1.165) is 18.7 Å². The van der Waals surface area contributed by atoms with Crippen molar-refractivity contribution >= 4 is 0 Å². The van der Waals surface area contributed by atoms with Gasteiger partial charge in [-0.15, -0.1) is 0 Å². The lowest BCUT2D eigenvalue weighted by molar-refractivity contribution is 0.227. The van der Waals surface area contributed by atoms with E-state index in [-0.39, 0.29) is 6.61 Å². The van der Waals surface area contributed by atoms with Crippen LogP contribution in [-0.2, 0) is 6.61 Å². The van der Waals surface area contributed by atoms with E-state index in [1.165, 1.54) is 5.56 Å². The number of hydrogen-bond donors (Lipinski definition) is 1. The van der Waals surface area contributed by atoms with Crippen LogP contribution < -0.4 is 0 Å². The number of aliphatic hydroxyl groups is 1. The second-order valence-corrected chi connectivity index (χ2v) is 3.75. The number of benzene rings is 1. The molecule has 1 aromatic carbocycles. The molecule has 0 radical (unpaired) electrons. The minimum Gasteiger partial charge on any atom is -0.392 e. The van der Waals surface area contributed by atoms with Gasteiger partial charge in [-0.1, -0.05) is 38.1 Å². The Morgan fingerprint density at radius 3 is 2.33 bits per heavy atom. The Balaban J connectivity index is 2.93. The summed E-state index contributed by atoms with van der Waals surface area (Å²) in [6.45, 7) is 8.74. The molecule has 0 saturated heterocycles. The van der Waals surface area contributed by atoms with Crippen LogP contribution in [0.2, 0.25) is 0 Å². The molecule has 0 spiro atoms. The topological polar surface area (TPSA) is 23.5 Å². The summed E-state index contributed by atoms with van der Waals surface area (Å²) in [6.07, 6.45) is 0. The van der Waals surface area contributed by atoms with Crippen LogP contribution in [-0.4, -0.2) is 23.1 Å². The lowest BCUT2D eigenvalue weighted by Gasteiger charge is -2.28. The van der Waals surface area contributed by atoms with Crippen molar-refractivity contribution < 1.29 is 5.11 Å². The van der Waals surface area contributed by atoms with Crippen molar-refractivity contribution in [1.29, 1.82) is 0 Å². The summed E-state index contributed by atoms with van der Waals surface area (Å²) in [5.74, 6) is 0. The monoisotopic (exact) mass is 207 g/mol. The fourth-order valence-electron chi connectivity index (χ4n) is 2.05. The quantitative estimate of drug-likeness (QED) is 0.802. The van der Waals surface area contributed by atoms with Gasteiger partial charge in [0, 0.05) is 6.04 Å². The first-order chi connectivity index (χ1) is 7.24. The number of nitrogens with zero attached hydrogens (tertiary/aromatic N) is 1. The molecule has 84 valence electrons. The van der Waals surface area contributed by atoms with Crippen LogP contribution in [0.1, 0.15) is 37.9 Å². The third-order valence-corrected chi connectivity index (χ3v) is 3.04. The van der Waals surface area contributed by atoms with E-state index >= 15 is 0 Å². The van der Waals surface area contributed by atoms with Crippen molar-refractivity contribution in [3.05, 3.63) is 35.4 Å².